The molecule has 7 atom stereocenters. The molecule has 0 heterocycles. The Balaban J connectivity index is 1.41. The number of benzene rings is 3. The lowest BCUT2D eigenvalue weighted by Gasteiger charge is -2.60. The summed E-state index contributed by atoms with van der Waals surface area (Å²) >= 11 is 0. The Bertz CT molecular complexity index is 2140. The zero-order valence-electron chi connectivity index (χ0n) is 33.5. The summed E-state index contributed by atoms with van der Waals surface area (Å²) in [6, 6.07) is 20.5. The molecule has 8 rings (SSSR count). The number of allylic oxidation sites excluding steroid dienone is 2. The smallest absolute Gasteiger partial charge is 0.323 e. The molecule has 3 aromatic rings. The van der Waals surface area contributed by atoms with Gasteiger partial charge < -0.3 is 14.2 Å². The fraction of sp³-hybridized carbons (Fsp3) is 0.490. The minimum absolute atomic E-state index is 0.0559. The number of carbonyl (C=O) groups is 3. The van der Waals surface area contributed by atoms with Crippen molar-refractivity contribution in [3.05, 3.63) is 106 Å². The average molecular weight is 739 g/mol. The van der Waals surface area contributed by atoms with E-state index in [1.807, 2.05) is 43.3 Å². The lowest BCUT2D eigenvalue weighted by atomic mass is 9.43. The summed E-state index contributed by atoms with van der Waals surface area (Å²) in [5, 5.41) is 0. The fourth-order valence-corrected chi connectivity index (χ4v) is 12.5. The third-order valence-corrected chi connectivity index (χ3v) is 15.3. The first-order valence-corrected chi connectivity index (χ1v) is 20.3. The van der Waals surface area contributed by atoms with Gasteiger partial charge in [-0.2, -0.15) is 0 Å². The normalized spacial score (nSPS) is 30.9. The summed E-state index contributed by atoms with van der Waals surface area (Å²) in [5.74, 6) is 6.65. The first-order valence-electron chi connectivity index (χ1n) is 20.3. The fourth-order valence-electron chi connectivity index (χ4n) is 12.5. The Hall–Kier alpha value is -4.63. The Morgan fingerprint density at radius 1 is 0.782 bits per heavy atom. The summed E-state index contributed by atoms with van der Waals surface area (Å²) in [6.45, 7) is 11.8. The van der Waals surface area contributed by atoms with Gasteiger partial charge in [-0.3, -0.25) is 14.4 Å². The molecular formula is C49H54O6. The Labute approximate surface area is 326 Å². The molecule has 7 unspecified atom stereocenters. The predicted octanol–water partition coefficient (Wildman–Crippen LogP) is 9.51. The molecule has 0 radical (unpaired) electrons. The lowest BCUT2D eigenvalue weighted by molar-refractivity contribution is -0.170. The van der Waals surface area contributed by atoms with Crippen LogP contribution < -0.4 is 0 Å². The second-order valence-electron chi connectivity index (χ2n) is 17.7. The number of fused-ring (bicyclic) bond motifs is 9. The molecule has 3 aromatic carbocycles. The first-order chi connectivity index (χ1) is 26.4. The van der Waals surface area contributed by atoms with Crippen LogP contribution in [0.25, 0.3) is 11.1 Å². The molecule has 6 nitrogen and oxygen atoms in total. The van der Waals surface area contributed by atoms with E-state index in [1.54, 1.807) is 0 Å². The van der Waals surface area contributed by atoms with Gasteiger partial charge in [0.25, 0.3) is 0 Å². The van der Waals surface area contributed by atoms with Crippen LogP contribution in [0.4, 0.5) is 0 Å². The first kappa shape index (κ1) is 37.3. The van der Waals surface area contributed by atoms with Gasteiger partial charge in [0.2, 0.25) is 0 Å². The maximum atomic E-state index is 13.9. The van der Waals surface area contributed by atoms with Crippen LogP contribution in [-0.2, 0) is 41.4 Å². The number of ether oxygens (including phenoxy) is 3. The van der Waals surface area contributed by atoms with Crippen LogP contribution in [0.1, 0.15) is 118 Å². The lowest BCUT2D eigenvalue weighted by Crippen LogP contribution is -2.55. The quantitative estimate of drug-likeness (QED) is 0.0854. The summed E-state index contributed by atoms with van der Waals surface area (Å²) in [5.41, 5.74) is 7.78. The molecule has 286 valence electrons. The van der Waals surface area contributed by atoms with Crippen molar-refractivity contribution in [3.63, 3.8) is 0 Å². The van der Waals surface area contributed by atoms with Crippen molar-refractivity contribution in [3.8, 4) is 23.0 Å². The van der Waals surface area contributed by atoms with E-state index in [0.29, 0.717) is 12.5 Å². The monoisotopic (exact) mass is 738 g/mol. The maximum Gasteiger partial charge on any atom is 0.323 e. The molecule has 5 aliphatic carbocycles. The molecule has 0 saturated heterocycles. The zero-order valence-corrected chi connectivity index (χ0v) is 33.5. The van der Waals surface area contributed by atoms with E-state index < -0.39 is 22.8 Å². The van der Waals surface area contributed by atoms with E-state index in [0.717, 1.165) is 71.9 Å². The number of hydrogen-bond acceptors (Lipinski definition) is 6. The number of rotatable bonds is 5. The summed E-state index contributed by atoms with van der Waals surface area (Å²) in [7, 11) is 2.71. The van der Waals surface area contributed by atoms with Crippen LogP contribution in [0, 0.1) is 45.3 Å². The van der Waals surface area contributed by atoms with Crippen molar-refractivity contribution in [2.45, 2.75) is 97.8 Å². The molecule has 0 N–H and O–H groups in total. The van der Waals surface area contributed by atoms with E-state index in [9.17, 15) is 14.4 Å². The largest absolute Gasteiger partial charge is 0.468 e. The van der Waals surface area contributed by atoms with Crippen molar-refractivity contribution >= 4 is 17.9 Å². The summed E-state index contributed by atoms with van der Waals surface area (Å²) < 4.78 is 16.6. The van der Waals surface area contributed by atoms with Gasteiger partial charge in [-0.25, -0.2) is 0 Å². The van der Waals surface area contributed by atoms with Gasteiger partial charge in [-0.15, -0.1) is 0 Å². The molecule has 2 fully saturated rings. The summed E-state index contributed by atoms with van der Waals surface area (Å²) in [4.78, 5) is 41.6. The predicted molar refractivity (Wildman–Crippen MR) is 213 cm³/mol. The average Bonchev–Trinajstić information content (AvgIpc) is 3.71. The molecule has 0 aliphatic heterocycles. The van der Waals surface area contributed by atoms with Crippen LogP contribution in [0.5, 0.6) is 0 Å². The van der Waals surface area contributed by atoms with Crippen molar-refractivity contribution in [1.82, 2.24) is 0 Å². The molecule has 0 amide bonds. The number of hydrogen-bond donors (Lipinski definition) is 0. The van der Waals surface area contributed by atoms with E-state index in [-0.39, 0.29) is 47.4 Å². The van der Waals surface area contributed by atoms with Gasteiger partial charge in [0.05, 0.1) is 26.2 Å². The number of methoxy groups -OCH3 is 2. The van der Waals surface area contributed by atoms with Gasteiger partial charge in [0.1, 0.15) is 0 Å². The van der Waals surface area contributed by atoms with Gasteiger partial charge in [0, 0.05) is 35.4 Å². The third-order valence-electron chi connectivity index (χ3n) is 15.3. The second kappa shape index (κ2) is 13.5. The van der Waals surface area contributed by atoms with Gasteiger partial charge in [0.15, 0.2) is 5.41 Å². The second-order valence-corrected chi connectivity index (χ2v) is 17.7. The highest BCUT2D eigenvalue weighted by Gasteiger charge is 2.64. The molecule has 6 heteroatoms. The highest BCUT2D eigenvalue weighted by atomic mass is 16.5. The van der Waals surface area contributed by atoms with Crippen LogP contribution in [0.2, 0.25) is 0 Å². The van der Waals surface area contributed by atoms with E-state index >= 15 is 0 Å². The van der Waals surface area contributed by atoms with Crippen LogP contribution in [0.3, 0.4) is 0 Å². The zero-order chi connectivity index (χ0) is 38.9. The summed E-state index contributed by atoms with van der Waals surface area (Å²) in [6.07, 6.45) is 8.72. The Kier molecular flexibility index (Phi) is 9.18. The molecular weight excluding hydrogens is 685 g/mol. The topological polar surface area (TPSA) is 78.9 Å². The molecule has 55 heavy (non-hydrogen) atoms. The number of esters is 3. The van der Waals surface area contributed by atoms with Gasteiger partial charge in [-0.05, 0) is 114 Å². The molecule has 0 spiro atoms. The highest BCUT2D eigenvalue weighted by molar-refractivity contribution is 6.02. The number of carbonyl (C=O) groups excluding carboxylic acids is 3. The van der Waals surface area contributed by atoms with Crippen molar-refractivity contribution < 1.29 is 28.6 Å². The Morgan fingerprint density at radius 2 is 1.44 bits per heavy atom. The maximum absolute atomic E-state index is 13.9. The van der Waals surface area contributed by atoms with Crippen LogP contribution >= 0.6 is 0 Å². The van der Waals surface area contributed by atoms with E-state index in [2.05, 4.69) is 69.9 Å². The van der Waals surface area contributed by atoms with Crippen molar-refractivity contribution in [2.24, 2.45) is 33.5 Å². The highest BCUT2D eigenvalue weighted by Crippen LogP contribution is 2.73. The molecule has 0 aromatic heterocycles. The molecule has 0 bridgehead atoms. The van der Waals surface area contributed by atoms with Gasteiger partial charge in [-0.1, -0.05) is 99.2 Å². The molecule has 5 aliphatic rings. The van der Waals surface area contributed by atoms with Crippen LogP contribution in [-0.4, -0.2) is 38.7 Å². The molecule has 2 saturated carbocycles. The van der Waals surface area contributed by atoms with Crippen molar-refractivity contribution in [1.29, 1.82) is 0 Å². The van der Waals surface area contributed by atoms with E-state index in [1.165, 1.54) is 30.9 Å². The van der Waals surface area contributed by atoms with Crippen LogP contribution in [0.15, 0.2) is 72.3 Å². The minimum atomic E-state index is -1.52. The van der Waals surface area contributed by atoms with Crippen molar-refractivity contribution in [2.75, 3.05) is 20.8 Å². The SMILES string of the molecule is CCOC(=O)C1(C)CCCC2(C)C3CCC4(C)C(C)c5c(-c6ccccc6)c(C#Cc6ccccc6)c6c(c5C4C3=CCC12)CC(C(=O)OC)(C(=O)OC)C6. The standard InChI is InChI=1S/C49H54O6/c1-8-55-43(50)48(5)26-15-25-47(4)37-24-27-46(3)30(2)39-40(32-18-13-10-14-19-32)33(21-20-31-16-11-9-12-17-31)35-28-49(44(51)53-6,45(52)54-7)29-36(35)41(39)42(46)34(37)22-23-38(47)48/h9-14,16-19,22,30,37-38,42H,8,15,23-29H2,1-7H3. The minimum Gasteiger partial charge on any atom is -0.468 e. The van der Waals surface area contributed by atoms with E-state index in [4.69, 9.17) is 14.2 Å². The van der Waals surface area contributed by atoms with Gasteiger partial charge >= 0.3 is 17.9 Å². The Morgan fingerprint density at radius 3 is 2.09 bits per heavy atom. The third kappa shape index (κ3) is 5.32.